The fraction of sp³-hybridized carbons (Fsp3) is 0.0625. The molecule has 0 bridgehead atoms. The Balaban J connectivity index is 1.80. The molecule has 9 heteroatoms. The molecular weight excluding hydrogens is 358 g/mol. The lowest BCUT2D eigenvalue weighted by Crippen LogP contribution is -2.11. The maximum Gasteiger partial charge on any atom is 0.416 e. The van der Waals surface area contributed by atoms with E-state index in [0.29, 0.717) is 0 Å². The quantitative estimate of drug-likeness (QED) is 0.688. The molecule has 0 radical (unpaired) electrons. The molecule has 3 aromatic rings. The molecule has 128 valence electrons. The van der Waals surface area contributed by atoms with E-state index in [-0.39, 0.29) is 22.1 Å². The Morgan fingerprint density at radius 2 is 1.84 bits per heavy atom. The van der Waals surface area contributed by atoms with Gasteiger partial charge in [0.15, 0.2) is 5.82 Å². The van der Waals surface area contributed by atoms with Gasteiger partial charge in [-0.15, -0.1) is 0 Å². The first kappa shape index (κ1) is 17.0. The molecule has 4 nitrogen and oxygen atoms in total. The van der Waals surface area contributed by atoms with Crippen LogP contribution < -0.4 is 5.32 Å². The Kier molecular flexibility index (Phi) is 4.49. The van der Waals surface area contributed by atoms with Gasteiger partial charge in [-0.2, -0.15) is 22.5 Å². The van der Waals surface area contributed by atoms with Crippen molar-refractivity contribution < 1.29 is 22.4 Å². The second kappa shape index (κ2) is 6.60. The van der Waals surface area contributed by atoms with Crippen molar-refractivity contribution in [2.75, 3.05) is 5.32 Å². The number of anilines is 1. The molecule has 0 aliphatic rings. The van der Waals surface area contributed by atoms with E-state index in [4.69, 9.17) is 0 Å². The molecule has 1 aromatic heterocycles. The van der Waals surface area contributed by atoms with Gasteiger partial charge in [0.1, 0.15) is 5.82 Å². The summed E-state index contributed by atoms with van der Waals surface area (Å²) in [6, 6.07) is 9.64. The standard InChI is InChI=1S/C16H9F4N3OS/c17-12-6-2-4-10(8-12)14(24)22-15-21-13(23-25-15)9-3-1-5-11(7-9)16(18,19)20/h1-8H,(H,21,22,23,24). The van der Waals surface area contributed by atoms with Crippen LogP contribution in [0.5, 0.6) is 0 Å². The normalized spacial score (nSPS) is 11.4. The number of nitrogens with one attached hydrogen (secondary N) is 1. The number of hydrogen-bond donors (Lipinski definition) is 1. The fourth-order valence-electron chi connectivity index (χ4n) is 2.03. The molecule has 1 heterocycles. The lowest BCUT2D eigenvalue weighted by molar-refractivity contribution is -0.137. The van der Waals surface area contributed by atoms with Gasteiger partial charge >= 0.3 is 6.18 Å². The number of carbonyl (C=O) groups is 1. The van der Waals surface area contributed by atoms with E-state index < -0.39 is 23.5 Å². The summed E-state index contributed by atoms with van der Waals surface area (Å²) in [5.41, 5.74) is -0.543. The first-order valence-electron chi connectivity index (χ1n) is 6.91. The van der Waals surface area contributed by atoms with Crippen molar-refractivity contribution in [2.45, 2.75) is 6.18 Å². The number of nitrogens with zero attached hydrogens (tertiary/aromatic N) is 2. The average molecular weight is 367 g/mol. The lowest BCUT2D eigenvalue weighted by Gasteiger charge is -2.06. The van der Waals surface area contributed by atoms with E-state index in [1.54, 1.807) is 0 Å². The Hall–Kier alpha value is -2.81. The molecule has 1 N–H and O–H groups in total. The number of amides is 1. The predicted molar refractivity (Wildman–Crippen MR) is 84.7 cm³/mol. The Morgan fingerprint density at radius 3 is 2.56 bits per heavy atom. The van der Waals surface area contributed by atoms with Gasteiger partial charge in [-0.3, -0.25) is 10.1 Å². The lowest BCUT2D eigenvalue weighted by atomic mass is 10.1. The number of alkyl halides is 3. The predicted octanol–water partition coefficient (Wildman–Crippen LogP) is 4.62. The van der Waals surface area contributed by atoms with E-state index in [0.717, 1.165) is 29.7 Å². The second-order valence-corrected chi connectivity index (χ2v) is 5.72. The molecule has 0 saturated carbocycles. The number of aromatic nitrogens is 2. The van der Waals surface area contributed by atoms with Gasteiger partial charge in [0.25, 0.3) is 5.91 Å². The average Bonchev–Trinajstić information content (AvgIpc) is 3.03. The first-order valence-corrected chi connectivity index (χ1v) is 7.68. The van der Waals surface area contributed by atoms with Crippen molar-refractivity contribution in [3.63, 3.8) is 0 Å². The van der Waals surface area contributed by atoms with Gasteiger partial charge in [-0.05, 0) is 30.3 Å². The summed E-state index contributed by atoms with van der Waals surface area (Å²) in [6.45, 7) is 0. The highest BCUT2D eigenvalue weighted by Gasteiger charge is 2.30. The van der Waals surface area contributed by atoms with Crippen LogP contribution >= 0.6 is 11.5 Å². The summed E-state index contributed by atoms with van der Waals surface area (Å²) in [7, 11) is 0. The molecule has 0 aliphatic carbocycles. The summed E-state index contributed by atoms with van der Waals surface area (Å²) >= 11 is 0.817. The van der Waals surface area contributed by atoms with E-state index in [1.807, 2.05) is 0 Å². The minimum absolute atomic E-state index is 0.0608. The van der Waals surface area contributed by atoms with Gasteiger partial charge in [-0.25, -0.2) is 4.39 Å². The monoisotopic (exact) mass is 367 g/mol. The second-order valence-electron chi connectivity index (χ2n) is 4.97. The Labute approximate surface area is 143 Å². The molecule has 0 aliphatic heterocycles. The largest absolute Gasteiger partial charge is 0.416 e. The first-order chi connectivity index (χ1) is 11.8. The van der Waals surface area contributed by atoms with Crippen LogP contribution in [0.15, 0.2) is 48.5 Å². The third-order valence-electron chi connectivity index (χ3n) is 3.18. The molecule has 0 fully saturated rings. The highest BCUT2D eigenvalue weighted by molar-refractivity contribution is 7.10. The van der Waals surface area contributed by atoms with E-state index in [9.17, 15) is 22.4 Å². The highest BCUT2D eigenvalue weighted by atomic mass is 32.1. The fourth-order valence-corrected chi connectivity index (χ4v) is 2.61. The zero-order valence-corrected chi connectivity index (χ0v) is 13.2. The van der Waals surface area contributed by atoms with Gasteiger partial charge in [-0.1, -0.05) is 18.2 Å². The molecule has 0 unspecified atom stereocenters. The molecular formula is C16H9F4N3OS. The summed E-state index contributed by atoms with van der Waals surface area (Å²) < 4.78 is 55.3. The minimum atomic E-state index is -4.47. The van der Waals surface area contributed by atoms with Crippen LogP contribution in [0.2, 0.25) is 0 Å². The van der Waals surface area contributed by atoms with Crippen molar-refractivity contribution in [1.82, 2.24) is 9.36 Å². The van der Waals surface area contributed by atoms with Crippen LogP contribution in [0.1, 0.15) is 15.9 Å². The zero-order valence-electron chi connectivity index (χ0n) is 12.3. The third-order valence-corrected chi connectivity index (χ3v) is 3.81. The summed E-state index contributed by atoms with van der Waals surface area (Å²) in [4.78, 5) is 16.0. The number of carbonyl (C=O) groups excluding carboxylic acids is 1. The Morgan fingerprint density at radius 1 is 1.08 bits per heavy atom. The van der Waals surface area contributed by atoms with Crippen molar-refractivity contribution in [1.29, 1.82) is 0 Å². The van der Waals surface area contributed by atoms with Gasteiger partial charge < -0.3 is 0 Å². The van der Waals surface area contributed by atoms with Crippen LogP contribution in [-0.4, -0.2) is 15.3 Å². The van der Waals surface area contributed by atoms with Crippen molar-refractivity contribution in [3.05, 3.63) is 65.5 Å². The maximum absolute atomic E-state index is 13.1. The maximum atomic E-state index is 13.1. The van der Waals surface area contributed by atoms with Crippen LogP contribution in [0, 0.1) is 5.82 Å². The van der Waals surface area contributed by atoms with E-state index in [1.165, 1.54) is 30.3 Å². The van der Waals surface area contributed by atoms with Gasteiger partial charge in [0, 0.05) is 22.7 Å². The van der Waals surface area contributed by atoms with E-state index in [2.05, 4.69) is 14.7 Å². The highest BCUT2D eigenvalue weighted by Crippen LogP contribution is 2.32. The van der Waals surface area contributed by atoms with Gasteiger partial charge in [0.05, 0.1) is 5.56 Å². The Bertz CT molecular complexity index is 923. The third kappa shape index (κ3) is 4.00. The van der Waals surface area contributed by atoms with E-state index >= 15 is 0 Å². The molecule has 2 aromatic carbocycles. The molecule has 25 heavy (non-hydrogen) atoms. The topological polar surface area (TPSA) is 54.9 Å². The molecule has 3 rings (SSSR count). The minimum Gasteiger partial charge on any atom is -0.297 e. The number of rotatable bonds is 3. The van der Waals surface area contributed by atoms with Crippen LogP contribution in [0.4, 0.5) is 22.7 Å². The van der Waals surface area contributed by atoms with Crippen molar-refractivity contribution in [3.8, 4) is 11.4 Å². The summed E-state index contributed by atoms with van der Waals surface area (Å²) in [5, 5.41) is 2.54. The van der Waals surface area contributed by atoms with Crippen LogP contribution in [-0.2, 0) is 6.18 Å². The van der Waals surface area contributed by atoms with Crippen LogP contribution in [0.25, 0.3) is 11.4 Å². The number of benzene rings is 2. The summed E-state index contributed by atoms with van der Waals surface area (Å²) in [6.07, 6.45) is -4.47. The number of halogens is 4. The number of hydrogen-bond acceptors (Lipinski definition) is 4. The SMILES string of the molecule is O=C(Nc1nc(-c2cccc(C(F)(F)F)c2)ns1)c1cccc(F)c1. The molecule has 0 spiro atoms. The van der Waals surface area contributed by atoms with Crippen molar-refractivity contribution >= 4 is 22.6 Å². The van der Waals surface area contributed by atoms with Gasteiger partial charge in [0.2, 0.25) is 5.13 Å². The molecule has 1 amide bonds. The molecule has 0 saturated heterocycles. The smallest absolute Gasteiger partial charge is 0.297 e. The molecule has 0 atom stereocenters. The van der Waals surface area contributed by atoms with Crippen molar-refractivity contribution in [2.24, 2.45) is 0 Å². The van der Waals surface area contributed by atoms with Crippen LogP contribution in [0.3, 0.4) is 0 Å². The summed E-state index contributed by atoms with van der Waals surface area (Å²) in [5.74, 6) is -1.09. The zero-order chi connectivity index (χ0) is 18.0.